The highest BCUT2D eigenvalue weighted by Gasteiger charge is 2.37. The van der Waals surface area contributed by atoms with Crippen LogP contribution in [-0.2, 0) is 6.18 Å². The summed E-state index contributed by atoms with van der Waals surface area (Å²) in [6.07, 6.45) is -4.23. The summed E-state index contributed by atoms with van der Waals surface area (Å²) in [6, 6.07) is 3.30. The predicted octanol–water partition coefficient (Wildman–Crippen LogP) is 2.69. The summed E-state index contributed by atoms with van der Waals surface area (Å²) >= 11 is 6.06. The molecule has 1 aliphatic rings. The van der Waals surface area contributed by atoms with Crippen molar-refractivity contribution < 1.29 is 18.3 Å². The third-order valence-electron chi connectivity index (χ3n) is 3.69. The van der Waals surface area contributed by atoms with Gasteiger partial charge in [0.1, 0.15) is 0 Å². The molecule has 1 fully saturated rings. The van der Waals surface area contributed by atoms with Crippen LogP contribution in [0.2, 0.25) is 5.02 Å². The summed E-state index contributed by atoms with van der Waals surface area (Å²) in [6.45, 7) is 2.51. The molecule has 2 N–H and O–H groups in total. The molecule has 2 rings (SSSR count). The molecule has 0 unspecified atom stereocenters. The summed E-state index contributed by atoms with van der Waals surface area (Å²) in [5.74, 6) is 0. The Morgan fingerprint density at radius 1 is 1.29 bits per heavy atom. The van der Waals surface area contributed by atoms with Crippen LogP contribution in [0.4, 0.5) is 13.2 Å². The number of hydrogen-bond donors (Lipinski definition) is 2. The molecular weight excluding hydrogens is 305 g/mol. The average molecular weight is 323 g/mol. The molecular formula is C14H18ClF3N2O. The Labute approximate surface area is 126 Å². The Balaban J connectivity index is 2.43. The number of benzene rings is 1. The SMILES string of the molecule is OCC[C@H](c1c(Cl)cccc1C(F)(F)F)N1CCNCC1. The highest BCUT2D eigenvalue weighted by molar-refractivity contribution is 6.31. The average Bonchev–Trinajstić information content (AvgIpc) is 2.45. The molecule has 1 heterocycles. The lowest BCUT2D eigenvalue weighted by Crippen LogP contribution is -2.45. The van der Waals surface area contributed by atoms with Crippen molar-refractivity contribution in [3.05, 3.63) is 34.3 Å². The van der Waals surface area contributed by atoms with Crippen LogP contribution in [0.25, 0.3) is 0 Å². The number of aliphatic hydroxyl groups excluding tert-OH is 1. The summed E-state index contributed by atoms with van der Waals surface area (Å²) in [5.41, 5.74) is -0.644. The molecule has 118 valence electrons. The van der Waals surface area contributed by atoms with Crippen LogP contribution in [0.3, 0.4) is 0 Å². The van der Waals surface area contributed by atoms with Crippen molar-refractivity contribution in [1.82, 2.24) is 10.2 Å². The fourth-order valence-electron chi connectivity index (χ4n) is 2.75. The quantitative estimate of drug-likeness (QED) is 0.894. The molecule has 1 aromatic carbocycles. The second-order valence-corrected chi connectivity index (χ2v) is 5.42. The Hall–Kier alpha value is -0.820. The maximum Gasteiger partial charge on any atom is 0.416 e. The van der Waals surface area contributed by atoms with E-state index in [9.17, 15) is 18.3 Å². The molecule has 3 nitrogen and oxygen atoms in total. The zero-order valence-corrected chi connectivity index (χ0v) is 12.2. The topological polar surface area (TPSA) is 35.5 Å². The second kappa shape index (κ2) is 6.96. The van der Waals surface area contributed by atoms with Crippen molar-refractivity contribution in [2.75, 3.05) is 32.8 Å². The molecule has 7 heteroatoms. The van der Waals surface area contributed by atoms with Crippen molar-refractivity contribution in [2.45, 2.75) is 18.6 Å². The van der Waals surface area contributed by atoms with E-state index in [0.717, 1.165) is 6.07 Å². The maximum absolute atomic E-state index is 13.2. The van der Waals surface area contributed by atoms with E-state index in [0.29, 0.717) is 26.2 Å². The first kappa shape index (κ1) is 16.5. The van der Waals surface area contributed by atoms with Gasteiger partial charge in [-0.3, -0.25) is 4.90 Å². The van der Waals surface area contributed by atoms with Crippen LogP contribution < -0.4 is 5.32 Å². The van der Waals surface area contributed by atoms with E-state index in [1.165, 1.54) is 12.1 Å². The van der Waals surface area contributed by atoms with E-state index in [-0.39, 0.29) is 23.6 Å². The van der Waals surface area contributed by atoms with E-state index in [2.05, 4.69) is 5.32 Å². The van der Waals surface area contributed by atoms with Gasteiger partial charge in [0.25, 0.3) is 0 Å². The molecule has 0 amide bonds. The van der Waals surface area contributed by atoms with Crippen LogP contribution in [-0.4, -0.2) is 42.8 Å². The molecule has 0 spiro atoms. The van der Waals surface area contributed by atoms with Crippen LogP contribution in [0.1, 0.15) is 23.6 Å². The smallest absolute Gasteiger partial charge is 0.396 e. The maximum atomic E-state index is 13.2. The lowest BCUT2D eigenvalue weighted by atomic mass is 9.95. The molecule has 0 saturated carbocycles. The zero-order chi connectivity index (χ0) is 15.5. The van der Waals surface area contributed by atoms with Gasteiger partial charge in [0, 0.05) is 49.4 Å². The number of nitrogens with zero attached hydrogens (tertiary/aromatic N) is 1. The number of rotatable bonds is 4. The van der Waals surface area contributed by atoms with Gasteiger partial charge in [0.2, 0.25) is 0 Å². The Kier molecular flexibility index (Phi) is 5.48. The van der Waals surface area contributed by atoms with Gasteiger partial charge >= 0.3 is 6.18 Å². The standard InChI is InChI=1S/C14H18ClF3N2O/c15-11-3-1-2-10(14(16,17)18)13(11)12(4-9-21)20-7-5-19-6-8-20/h1-3,12,19,21H,4-9H2/t12-/m1/s1. The van der Waals surface area contributed by atoms with Crippen molar-refractivity contribution in [3.63, 3.8) is 0 Å². The van der Waals surface area contributed by atoms with Gasteiger partial charge in [-0.15, -0.1) is 0 Å². The fourth-order valence-corrected chi connectivity index (χ4v) is 3.05. The number of halogens is 4. The van der Waals surface area contributed by atoms with Gasteiger partial charge in [-0.2, -0.15) is 13.2 Å². The van der Waals surface area contributed by atoms with E-state index >= 15 is 0 Å². The minimum Gasteiger partial charge on any atom is -0.396 e. The first-order chi connectivity index (χ1) is 9.95. The van der Waals surface area contributed by atoms with Crippen molar-refractivity contribution >= 4 is 11.6 Å². The number of alkyl halides is 3. The van der Waals surface area contributed by atoms with E-state index in [1.54, 1.807) is 0 Å². The third-order valence-corrected chi connectivity index (χ3v) is 4.02. The van der Waals surface area contributed by atoms with Gasteiger partial charge < -0.3 is 10.4 Å². The highest BCUT2D eigenvalue weighted by Crippen LogP contribution is 2.41. The number of aliphatic hydroxyl groups is 1. The van der Waals surface area contributed by atoms with Crippen LogP contribution in [0.15, 0.2) is 18.2 Å². The minimum atomic E-state index is -4.46. The van der Waals surface area contributed by atoms with E-state index in [4.69, 9.17) is 11.6 Å². The summed E-state index contributed by atoms with van der Waals surface area (Å²) in [5, 5.41) is 12.5. The molecule has 21 heavy (non-hydrogen) atoms. The molecule has 0 bridgehead atoms. The molecule has 0 aliphatic carbocycles. The summed E-state index contributed by atoms with van der Waals surface area (Å²) in [4.78, 5) is 1.95. The number of hydrogen-bond acceptors (Lipinski definition) is 3. The number of piperazine rings is 1. The molecule has 0 aromatic heterocycles. The van der Waals surface area contributed by atoms with Gasteiger partial charge in [0.15, 0.2) is 0 Å². The molecule has 1 atom stereocenters. The third kappa shape index (κ3) is 3.88. The van der Waals surface area contributed by atoms with Crippen molar-refractivity contribution in [3.8, 4) is 0 Å². The van der Waals surface area contributed by atoms with Crippen LogP contribution >= 0.6 is 11.6 Å². The molecule has 1 aromatic rings. The van der Waals surface area contributed by atoms with Gasteiger partial charge in [-0.05, 0) is 18.6 Å². The Morgan fingerprint density at radius 3 is 2.52 bits per heavy atom. The molecule has 1 aliphatic heterocycles. The summed E-state index contributed by atoms with van der Waals surface area (Å²) in [7, 11) is 0. The lowest BCUT2D eigenvalue weighted by Gasteiger charge is -2.36. The van der Waals surface area contributed by atoms with Crippen molar-refractivity contribution in [2.24, 2.45) is 0 Å². The van der Waals surface area contributed by atoms with Crippen LogP contribution in [0.5, 0.6) is 0 Å². The lowest BCUT2D eigenvalue weighted by molar-refractivity contribution is -0.138. The summed E-state index contributed by atoms with van der Waals surface area (Å²) < 4.78 is 39.7. The Morgan fingerprint density at radius 2 is 1.95 bits per heavy atom. The first-order valence-electron chi connectivity index (χ1n) is 6.86. The van der Waals surface area contributed by atoms with Gasteiger partial charge in [-0.25, -0.2) is 0 Å². The second-order valence-electron chi connectivity index (χ2n) is 5.01. The Bertz CT molecular complexity index is 476. The zero-order valence-electron chi connectivity index (χ0n) is 11.5. The van der Waals surface area contributed by atoms with Crippen molar-refractivity contribution in [1.29, 1.82) is 0 Å². The minimum absolute atomic E-state index is 0.0719. The normalized spacial score (nSPS) is 18.7. The largest absolute Gasteiger partial charge is 0.416 e. The molecule has 1 saturated heterocycles. The molecule has 0 radical (unpaired) electrons. The van der Waals surface area contributed by atoms with E-state index in [1.807, 2.05) is 4.90 Å². The monoisotopic (exact) mass is 322 g/mol. The van der Waals surface area contributed by atoms with E-state index < -0.39 is 17.8 Å². The first-order valence-corrected chi connectivity index (χ1v) is 7.24. The van der Waals surface area contributed by atoms with Gasteiger partial charge in [0.05, 0.1) is 5.56 Å². The highest BCUT2D eigenvalue weighted by atomic mass is 35.5. The fraction of sp³-hybridized carbons (Fsp3) is 0.571. The van der Waals surface area contributed by atoms with Gasteiger partial charge in [-0.1, -0.05) is 17.7 Å². The number of nitrogens with one attached hydrogen (secondary N) is 1. The predicted molar refractivity (Wildman–Crippen MR) is 75.3 cm³/mol. The van der Waals surface area contributed by atoms with Crippen LogP contribution in [0, 0.1) is 0 Å².